The fourth-order valence-corrected chi connectivity index (χ4v) is 2.23. The molecule has 0 radical (unpaired) electrons. The molecule has 3 N–H and O–H groups in total. The Morgan fingerprint density at radius 1 is 1.05 bits per heavy atom. The number of nitrogens with one attached hydrogen (secondary N) is 1. The first-order valence-corrected chi connectivity index (χ1v) is 6.75. The second-order valence-electron chi connectivity index (χ2n) is 4.97. The lowest BCUT2D eigenvalue weighted by molar-refractivity contribution is 0.102. The largest absolute Gasteiger partial charge is 0.507 e. The lowest BCUT2D eigenvalue weighted by Crippen LogP contribution is -2.14. The number of aryl methyl sites for hydroxylation is 1. The quantitative estimate of drug-likeness (QED) is 0.677. The summed E-state index contributed by atoms with van der Waals surface area (Å²) >= 11 is 0. The van der Waals surface area contributed by atoms with Crippen LogP contribution in [0.4, 0.5) is 5.69 Å². The molecule has 0 atom stereocenters. The van der Waals surface area contributed by atoms with Gasteiger partial charge in [0.05, 0.1) is 0 Å². The molecule has 5 heteroatoms. The SMILES string of the molecule is Cc1ccccc1NC(=O)c1cc(O)c2cccc(O)c2n1. The number of carbonyl (C=O) groups excluding carboxylic acids is 1. The number of fused-ring (bicyclic) bond motifs is 1. The first-order chi connectivity index (χ1) is 10.6. The number of pyridine rings is 1. The fraction of sp³-hybridized carbons (Fsp3) is 0.0588. The van der Waals surface area contributed by atoms with Gasteiger partial charge in [0.25, 0.3) is 5.91 Å². The van der Waals surface area contributed by atoms with Crippen molar-refractivity contribution in [3.05, 3.63) is 59.8 Å². The van der Waals surface area contributed by atoms with Gasteiger partial charge in [-0.1, -0.05) is 24.3 Å². The van der Waals surface area contributed by atoms with Crippen molar-refractivity contribution in [2.24, 2.45) is 0 Å². The summed E-state index contributed by atoms with van der Waals surface area (Å²) in [5, 5.41) is 23.0. The summed E-state index contributed by atoms with van der Waals surface area (Å²) in [6.07, 6.45) is 0. The highest BCUT2D eigenvalue weighted by atomic mass is 16.3. The Morgan fingerprint density at radius 2 is 1.82 bits per heavy atom. The number of nitrogens with zero attached hydrogens (tertiary/aromatic N) is 1. The fourth-order valence-electron chi connectivity index (χ4n) is 2.23. The standard InChI is InChI=1S/C17H14N2O3/c1-10-5-2-3-7-12(10)19-17(22)13-9-15(21)11-6-4-8-14(20)16(11)18-13/h2-9,20H,1H3,(H,18,21)(H,19,22). The third-order valence-electron chi connectivity index (χ3n) is 3.42. The molecule has 0 aliphatic carbocycles. The predicted octanol–water partition coefficient (Wildman–Crippen LogP) is 3.21. The van der Waals surface area contributed by atoms with Gasteiger partial charge < -0.3 is 15.5 Å². The smallest absolute Gasteiger partial charge is 0.274 e. The van der Waals surface area contributed by atoms with Crippen LogP contribution in [0.3, 0.4) is 0 Å². The summed E-state index contributed by atoms with van der Waals surface area (Å²) in [7, 11) is 0. The van der Waals surface area contributed by atoms with E-state index in [0.29, 0.717) is 11.1 Å². The average molecular weight is 294 g/mol. The summed E-state index contributed by atoms with van der Waals surface area (Å²) in [5.74, 6) is -0.635. The van der Waals surface area contributed by atoms with Crippen LogP contribution in [0, 0.1) is 6.92 Å². The Bertz CT molecular complexity index is 875. The minimum Gasteiger partial charge on any atom is -0.507 e. The third kappa shape index (κ3) is 2.44. The first kappa shape index (κ1) is 13.9. The maximum absolute atomic E-state index is 12.3. The molecule has 0 unspecified atom stereocenters. The van der Waals surface area contributed by atoms with Crippen LogP contribution in [0.1, 0.15) is 16.1 Å². The first-order valence-electron chi connectivity index (χ1n) is 6.75. The zero-order valence-corrected chi connectivity index (χ0v) is 11.9. The second-order valence-corrected chi connectivity index (χ2v) is 4.97. The lowest BCUT2D eigenvalue weighted by atomic mass is 10.1. The van der Waals surface area contributed by atoms with Crippen LogP contribution in [-0.2, 0) is 0 Å². The van der Waals surface area contributed by atoms with Crippen molar-refractivity contribution in [2.75, 3.05) is 5.32 Å². The van der Waals surface area contributed by atoms with Gasteiger partial charge in [-0.25, -0.2) is 4.98 Å². The minimum atomic E-state index is -0.449. The molecule has 5 nitrogen and oxygen atoms in total. The number of hydrogen-bond acceptors (Lipinski definition) is 4. The van der Waals surface area contributed by atoms with E-state index in [0.717, 1.165) is 5.56 Å². The van der Waals surface area contributed by atoms with Gasteiger partial charge in [0.15, 0.2) is 0 Å². The molecule has 0 saturated carbocycles. The van der Waals surface area contributed by atoms with E-state index in [9.17, 15) is 15.0 Å². The molecule has 0 bridgehead atoms. The average Bonchev–Trinajstić information content (AvgIpc) is 2.50. The number of anilines is 1. The van der Waals surface area contributed by atoms with Crippen LogP contribution in [0.5, 0.6) is 11.5 Å². The molecule has 0 saturated heterocycles. The van der Waals surface area contributed by atoms with E-state index in [2.05, 4.69) is 10.3 Å². The zero-order chi connectivity index (χ0) is 15.7. The van der Waals surface area contributed by atoms with Gasteiger partial charge in [0.1, 0.15) is 22.7 Å². The van der Waals surface area contributed by atoms with Crippen LogP contribution >= 0.6 is 0 Å². The predicted molar refractivity (Wildman–Crippen MR) is 84.2 cm³/mol. The lowest BCUT2D eigenvalue weighted by Gasteiger charge is -2.09. The van der Waals surface area contributed by atoms with Crippen molar-refractivity contribution in [3.8, 4) is 11.5 Å². The summed E-state index contributed by atoms with van der Waals surface area (Å²) in [6, 6.07) is 13.3. The van der Waals surface area contributed by atoms with Crippen molar-refractivity contribution in [1.29, 1.82) is 0 Å². The van der Waals surface area contributed by atoms with E-state index >= 15 is 0 Å². The summed E-state index contributed by atoms with van der Waals surface area (Å²) in [4.78, 5) is 16.4. The molecule has 3 rings (SSSR count). The van der Waals surface area contributed by atoms with Gasteiger partial charge in [-0.15, -0.1) is 0 Å². The maximum atomic E-state index is 12.3. The van der Waals surface area contributed by atoms with Gasteiger partial charge in [-0.3, -0.25) is 4.79 Å². The molecule has 0 aliphatic rings. The number of phenolic OH excluding ortho intramolecular Hbond substituents is 1. The van der Waals surface area contributed by atoms with Crippen LogP contribution in [0.25, 0.3) is 10.9 Å². The van der Waals surface area contributed by atoms with Crippen LogP contribution in [-0.4, -0.2) is 21.1 Å². The molecule has 3 aromatic rings. The Balaban J connectivity index is 2.01. The van der Waals surface area contributed by atoms with Crippen LogP contribution in [0.2, 0.25) is 0 Å². The molecule has 1 aromatic heterocycles. The highest BCUT2D eigenvalue weighted by Gasteiger charge is 2.14. The van der Waals surface area contributed by atoms with E-state index in [4.69, 9.17) is 0 Å². The highest BCUT2D eigenvalue weighted by Crippen LogP contribution is 2.30. The van der Waals surface area contributed by atoms with Gasteiger partial charge in [-0.2, -0.15) is 0 Å². The third-order valence-corrected chi connectivity index (χ3v) is 3.42. The van der Waals surface area contributed by atoms with E-state index in [1.807, 2.05) is 25.1 Å². The molecule has 1 heterocycles. The number of para-hydroxylation sites is 2. The molecule has 0 spiro atoms. The number of rotatable bonds is 2. The van der Waals surface area contributed by atoms with E-state index in [-0.39, 0.29) is 22.7 Å². The van der Waals surface area contributed by atoms with Gasteiger partial charge in [0, 0.05) is 17.1 Å². The Labute approximate surface area is 126 Å². The molecule has 22 heavy (non-hydrogen) atoms. The molecule has 2 aromatic carbocycles. The Kier molecular flexibility index (Phi) is 3.39. The van der Waals surface area contributed by atoms with E-state index in [1.165, 1.54) is 12.1 Å². The Hall–Kier alpha value is -3.08. The minimum absolute atomic E-state index is 0.0368. The van der Waals surface area contributed by atoms with Crippen molar-refractivity contribution in [1.82, 2.24) is 4.98 Å². The molecule has 1 amide bonds. The van der Waals surface area contributed by atoms with Crippen LogP contribution < -0.4 is 5.32 Å². The van der Waals surface area contributed by atoms with Crippen molar-refractivity contribution < 1.29 is 15.0 Å². The molecular weight excluding hydrogens is 280 g/mol. The number of phenols is 1. The van der Waals surface area contributed by atoms with E-state index in [1.54, 1.807) is 18.2 Å². The number of amides is 1. The second kappa shape index (κ2) is 5.37. The summed E-state index contributed by atoms with van der Waals surface area (Å²) in [5.41, 5.74) is 1.82. The number of benzene rings is 2. The molecule has 0 aliphatic heterocycles. The number of carbonyl (C=O) groups is 1. The van der Waals surface area contributed by atoms with Gasteiger partial charge >= 0.3 is 0 Å². The van der Waals surface area contributed by atoms with Gasteiger partial charge in [-0.05, 0) is 30.7 Å². The van der Waals surface area contributed by atoms with Crippen LogP contribution in [0.15, 0.2) is 48.5 Å². The van der Waals surface area contributed by atoms with E-state index < -0.39 is 5.91 Å². The number of aromatic hydroxyl groups is 2. The summed E-state index contributed by atoms with van der Waals surface area (Å²) in [6.45, 7) is 1.88. The number of aromatic nitrogens is 1. The van der Waals surface area contributed by atoms with Crippen molar-refractivity contribution in [3.63, 3.8) is 0 Å². The monoisotopic (exact) mass is 294 g/mol. The Morgan fingerprint density at radius 3 is 2.59 bits per heavy atom. The summed E-state index contributed by atoms with van der Waals surface area (Å²) < 4.78 is 0. The molecule has 0 fully saturated rings. The van der Waals surface area contributed by atoms with Crippen molar-refractivity contribution in [2.45, 2.75) is 6.92 Å². The normalized spacial score (nSPS) is 10.6. The zero-order valence-electron chi connectivity index (χ0n) is 11.9. The highest BCUT2D eigenvalue weighted by molar-refractivity contribution is 6.05. The molecule has 110 valence electrons. The van der Waals surface area contributed by atoms with Gasteiger partial charge in [0.2, 0.25) is 0 Å². The van der Waals surface area contributed by atoms with Crippen molar-refractivity contribution >= 4 is 22.5 Å². The number of hydrogen-bond donors (Lipinski definition) is 3. The molecular formula is C17H14N2O3. The topological polar surface area (TPSA) is 82.5 Å². The maximum Gasteiger partial charge on any atom is 0.274 e.